The molecule has 2 atom stereocenters. The Hall–Kier alpha value is -4.21. The topological polar surface area (TPSA) is 167 Å². The minimum absolute atomic E-state index is 0.0782. The molecule has 0 spiro atoms. The van der Waals surface area contributed by atoms with Gasteiger partial charge in [-0.3, -0.25) is 24.5 Å². The van der Waals surface area contributed by atoms with Crippen molar-refractivity contribution in [3.05, 3.63) is 93.1 Å². The summed E-state index contributed by atoms with van der Waals surface area (Å²) >= 11 is 0.909. The first-order valence-electron chi connectivity index (χ1n) is 11.4. The highest BCUT2D eigenvalue weighted by atomic mass is 32.2. The van der Waals surface area contributed by atoms with Crippen LogP contribution in [-0.2, 0) is 19.6 Å². The summed E-state index contributed by atoms with van der Waals surface area (Å²) in [5.74, 6) is -3.71. The van der Waals surface area contributed by atoms with Crippen LogP contribution in [0.1, 0.15) is 28.4 Å². The number of benzene rings is 2. The van der Waals surface area contributed by atoms with E-state index in [1.807, 2.05) is 0 Å². The van der Waals surface area contributed by atoms with Crippen molar-refractivity contribution in [1.82, 2.24) is 14.5 Å². The summed E-state index contributed by atoms with van der Waals surface area (Å²) in [4.78, 5) is 50.1. The number of halogens is 1. The number of carbonyl (C=O) groups is 3. The maximum absolute atomic E-state index is 13.6. The van der Waals surface area contributed by atoms with Gasteiger partial charge in [0.25, 0.3) is 27.5 Å². The Bertz CT molecular complexity index is 1510. The summed E-state index contributed by atoms with van der Waals surface area (Å²) in [6.07, 6.45) is -2.35. The van der Waals surface area contributed by atoms with E-state index in [0.717, 1.165) is 38.7 Å². The van der Waals surface area contributed by atoms with E-state index in [2.05, 4.69) is 5.32 Å². The van der Waals surface area contributed by atoms with Crippen LogP contribution in [0.5, 0.6) is 0 Å². The third kappa shape index (κ3) is 5.94. The van der Waals surface area contributed by atoms with Gasteiger partial charge in [0.2, 0.25) is 0 Å². The number of rotatable bonds is 9. The van der Waals surface area contributed by atoms with Crippen LogP contribution < -0.4 is 5.32 Å². The molecule has 15 heteroatoms. The molecule has 0 bridgehead atoms. The monoisotopic (exact) mass is 576 g/mol. The van der Waals surface area contributed by atoms with Crippen LogP contribution in [0.25, 0.3) is 0 Å². The van der Waals surface area contributed by atoms with Crippen molar-refractivity contribution >= 4 is 44.8 Å². The molecule has 0 aliphatic carbocycles. The van der Waals surface area contributed by atoms with E-state index in [4.69, 9.17) is 0 Å². The second kappa shape index (κ2) is 11.3. The molecular weight excluding hydrogens is 555 g/mol. The van der Waals surface area contributed by atoms with Gasteiger partial charge in [-0.15, -0.1) is 11.3 Å². The van der Waals surface area contributed by atoms with Crippen molar-refractivity contribution in [2.45, 2.75) is 22.8 Å². The number of aliphatic carboxylic acids is 1. The van der Waals surface area contributed by atoms with Gasteiger partial charge in [0.1, 0.15) is 10.0 Å². The van der Waals surface area contributed by atoms with Crippen LogP contribution in [0.2, 0.25) is 0 Å². The molecule has 12 nitrogen and oxygen atoms in total. The van der Waals surface area contributed by atoms with Crippen LogP contribution in [0.15, 0.2) is 70.3 Å². The zero-order chi connectivity index (χ0) is 28.3. The van der Waals surface area contributed by atoms with Crippen molar-refractivity contribution in [1.29, 1.82) is 0 Å². The van der Waals surface area contributed by atoms with Crippen LogP contribution in [0, 0.1) is 15.9 Å². The highest BCUT2D eigenvalue weighted by Gasteiger charge is 2.47. The minimum Gasteiger partial charge on any atom is -0.481 e. The first-order valence-corrected chi connectivity index (χ1v) is 13.7. The lowest BCUT2D eigenvalue weighted by Crippen LogP contribution is -2.54. The lowest BCUT2D eigenvalue weighted by molar-refractivity contribution is -0.384. The summed E-state index contributed by atoms with van der Waals surface area (Å²) < 4.78 is 41.0. The van der Waals surface area contributed by atoms with Crippen molar-refractivity contribution in [3.8, 4) is 0 Å². The zero-order valence-electron chi connectivity index (χ0n) is 20.0. The molecule has 2 amide bonds. The quantitative estimate of drug-likeness (QED) is 0.290. The van der Waals surface area contributed by atoms with E-state index in [1.165, 1.54) is 47.8 Å². The number of carboxylic acid groups (broad SMARTS) is 1. The number of sulfonamides is 1. The number of carboxylic acids is 1. The van der Waals surface area contributed by atoms with Gasteiger partial charge in [-0.05, 0) is 35.2 Å². The summed E-state index contributed by atoms with van der Waals surface area (Å²) in [5.41, 5.74) is -0.269. The van der Waals surface area contributed by atoms with Gasteiger partial charge < -0.3 is 15.3 Å². The van der Waals surface area contributed by atoms with Crippen LogP contribution in [0.4, 0.5) is 10.1 Å². The highest BCUT2D eigenvalue weighted by Crippen LogP contribution is 2.30. The van der Waals surface area contributed by atoms with Gasteiger partial charge >= 0.3 is 5.97 Å². The SMILES string of the molecule is O=C(O)CC(NC(=O)C1N(C(=O)c2cccc([N+](=O)[O-])c2)CCN1S(=O)(=O)c1cccs1)c1ccc(F)cc1. The van der Waals surface area contributed by atoms with E-state index >= 15 is 0 Å². The molecule has 3 aromatic rings. The smallest absolute Gasteiger partial charge is 0.305 e. The van der Waals surface area contributed by atoms with Crippen LogP contribution in [0.3, 0.4) is 0 Å². The fourth-order valence-corrected chi connectivity index (χ4v) is 6.82. The standard InChI is InChI=1S/C24H21FN4O8S2/c25-17-8-6-15(7-9-17)19(14-20(30)31)26-22(32)23-27(24(33)16-3-1-4-18(13-16)29(34)35)10-11-28(23)39(36,37)21-5-2-12-38-21/h1-9,12-13,19,23H,10-11,14H2,(H,26,32)(H,30,31). The molecule has 39 heavy (non-hydrogen) atoms. The number of nitrogens with one attached hydrogen (secondary N) is 1. The molecule has 1 fully saturated rings. The van der Waals surface area contributed by atoms with E-state index in [1.54, 1.807) is 0 Å². The Kier molecular flexibility index (Phi) is 8.03. The molecule has 1 aliphatic heterocycles. The van der Waals surface area contributed by atoms with Crippen molar-refractivity contribution in [2.24, 2.45) is 0 Å². The fraction of sp³-hybridized carbons (Fsp3) is 0.208. The number of thiophene rings is 1. The predicted octanol–water partition coefficient (Wildman–Crippen LogP) is 2.60. The Morgan fingerprint density at radius 3 is 2.46 bits per heavy atom. The molecule has 1 aromatic heterocycles. The third-order valence-electron chi connectivity index (χ3n) is 5.95. The Balaban J connectivity index is 1.72. The number of hydrogen-bond acceptors (Lipinski definition) is 8. The van der Waals surface area contributed by atoms with E-state index in [9.17, 15) is 42.4 Å². The van der Waals surface area contributed by atoms with Crippen molar-refractivity contribution in [3.63, 3.8) is 0 Å². The number of carbonyl (C=O) groups excluding carboxylic acids is 2. The molecule has 2 N–H and O–H groups in total. The molecule has 1 saturated heterocycles. The molecule has 0 saturated carbocycles. The highest BCUT2D eigenvalue weighted by molar-refractivity contribution is 7.91. The molecular formula is C24H21FN4O8S2. The maximum atomic E-state index is 13.6. The Labute approximate surface area is 225 Å². The van der Waals surface area contributed by atoms with Crippen molar-refractivity contribution in [2.75, 3.05) is 13.1 Å². The second-order valence-corrected chi connectivity index (χ2v) is 11.5. The maximum Gasteiger partial charge on any atom is 0.305 e. The average molecular weight is 577 g/mol. The first kappa shape index (κ1) is 27.8. The van der Waals surface area contributed by atoms with Crippen molar-refractivity contribution < 1.29 is 37.2 Å². The number of hydrogen-bond donors (Lipinski definition) is 2. The number of non-ortho nitro benzene ring substituents is 1. The van der Waals surface area contributed by atoms with Gasteiger partial charge in [0.15, 0.2) is 6.17 Å². The molecule has 2 heterocycles. The van der Waals surface area contributed by atoms with Gasteiger partial charge in [-0.1, -0.05) is 24.3 Å². The summed E-state index contributed by atoms with van der Waals surface area (Å²) in [7, 11) is -4.27. The lowest BCUT2D eigenvalue weighted by atomic mass is 10.0. The summed E-state index contributed by atoms with van der Waals surface area (Å²) in [6, 6.07) is 11.2. The first-order chi connectivity index (χ1) is 18.5. The Morgan fingerprint density at radius 2 is 1.85 bits per heavy atom. The fourth-order valence-electron chi connectivity index (χ4n) is 4.16. The molecule has 4 rings (SSSR count). The number of nitro benzene ring substituents is 1. The predicted molar refractivity (Wildman–Crippen MR) is 136 cm³/mol. The number of amides is 2. The number of nitrogens with zero attached hydrogens (tertiary/aromatic N) is 3. The molecule has 2 unspecified atom stereocenters. The molecule has 2 aromatic carbocycles. The summed E-state index contributed by atoms with van der Waals surface area (Å²) in [6.45, 7) is -0.483. The normalized spacial score (nSPS) is 16.5. The van der Waals surface area contributed by atoms with Crippen LogP contribution >= 0.6 is 11.3 Å². The third-order valence-corrected chi connectivity index (χ3v) is 9.18. The van der Waals surface area contributed by atoms with E-state index < -0.39 is 57.2 Å². The van der Waals surface area contributed by atoms with Gasteiger partial charge in [0, 0.05) is 30.8 Å². The average Bonchev–Trinajstić information content (AvgIpc) is 3.59. The lowest BCUT2D eigenvalue weighted by Gasteiger charge is -2.30. The molecule has 0 radical (unpaired) electrons. The van der Waals surface area contributed by atoms with Gasteiger partial charge in [-0.2, -0.15) is 4.31 Å². The van der Waals surface area contributed by atoms with Crippen LogP contribution in [-0.4, -0.2) is 64.7 Å². The number of nitro groups is 1. The summed E-state index contributed by atoms with van der Waals surface area (Å²) in [5, 5.41) is 24.6. The molecule has 1 aliphatic rings. The Morgan fingerprint density at radius 1 is 1.13 bits per heavy atom. The van der Waals surface area contributed by atoms with E-state index in [-0.39, 0.29) is 34.1 Å². The zero-order valence-corrected chi connectivity index (χ0v) is 21.6. The minimum atomic E-state index is -4.27. The molecule has 204 valence electrons. The second-order valence-electron chi connectivity index (χ2n) is 8.44. The van der Waals surface area contributed by atoms with Gasteiger partial charge in [-0.25, -0.2) is 12.8 Å². The largest absolute Gasteiger partial charge is 0.481 e. The van der Waals surface area contributed by atoms with Gasteiger partial charge in [0.05, 0.1) is 17.4 Å². The van der Waals surface area contributed by atoms with E-state index in [0.29, 0.717) is 0 Å².